The van der Waals surface area contributed by atoms with Gasteiger partial charge in [-0.1, -0.05) is 61.9 Å². The van der Waals surface area contributed by atoms with Gasteiger partial charge >= 0.3 is 0 Å². The molecule has 4 heteroatoms. The van der Waals surface area contributed by atoms with Crippen LogP contribution in [0, 0.1) is 12.8 Å². The lowest BCUT2D eigenvalue weighted by atomic mass is 10.00. The minimum absolute atomic E-state index is 0.00570. The normalized spacial score (nSPS) is 14.4. The molecule has 0 aromatic heterocycles. The summed E-state index contributed by atoms with van der Waals surface area (Å²) in [6, 6.07) is 15.6. The Hall–Kier alpha value is -2.62. The Kier molecular flexibility index (Phi) is 5.94. The molecule has 0 bridgehead atoms. The zero-order valence-electron chi connectivity index (χ0n) is 16.4. The molecule has 2 amide bonds. The van der Waals surface area contributed by atoms with Gasteiger partial charge in [0.1, 0.15) is 0 Å². The molecule has 0 saturated carbocycles. The number of hydrogen-bond donors (Lipinski definition) is 1. The van der Waals surface area contributed by atoms with Crippen molar-refractivity contribution in [3.63, 3.8) is 0 Å². The van der Waals surface area contributed by atoms with E-state index in [1.165, 1.54) is 0 Å². The van der Waals surface area contributed by atoms with Gasteiger partial charge in [-0.05, 0) is 36.5 Å². The van der Waals surface area contributed by atoms with E-state index in [9.17, 15) is 9.59 Å². The Balaban J connectivity index is 1.80. The van der Waals surface area contributed by atoms with Gasteiger partial charge in [0.05, 0.1) is 12.5 Å². The number of carbonyl (C=O) groups is 2. The number of benzene rings is 2. The Morgan fingerprint density at radius 2 is 1.81 bits per heavy atom. The largest absolute Gasteiger partial charge is 0.356 e. The van der Waals surface area contributed by atoms with Crippen LogP contribution in [-0.4, -0.2) is 23.3 Å². The highest BCUT2D eigenvalue weighted by molar-refractivity contribution is 5.98. The molecule has 1 aliphatic heterocycles. The summed E-state index contributed by atoms with van der Waals surface area (Å²) in [5.41, 5.74) is 3.94. The van der Waals surface area contributed by atoms with Gasteiger partial charge in [0.25, 0.3) is 5.91 Å². The third-order valence-corrected chi connectivity index (χ3v) is 5.11. The molecule has 3 rings (SSSR count). The maximum atomic E-state index is 13.0. The minimum Gasteiger partial charge on any atom is -0.356 e. The third-order valence-electron chi connectivity index (χ3n) is 5.11. The van der Waals surface area contributed by atoms with Crippen molar-refractivity contribution < 1.29 is 9.59 Å². The zero-order chi connectivity index (χ0) is 19.4. The van der Waals surface area contributed by atoms with Crippen molar-refractivity contribution >= 4 is 11.8 Å². The molecule has 0 radical (unpaired) electrons. The van der Waals surface area contributed by atoms with Gasteiger partial charge < -0.3 is 10.2 Å². The molecule has 1 atom stereocenters. The molecule has 0 unspecified atom stereocenters. The predicted molar refractivity (Wildman–Crippen MR) is 107 cm³/mol. The lowest BCUT2D eigenvalue weighted by molar-refractivity contribution is -0.122. The van der Waals surface area contributed by atoms with Crippen LogP contribution in [0.15, 0.2) is 48.5 Å². The van der Waals surface area contributed by atoms with Crippen LogP contribution in [0.5, 0.6) is 0 Å². The van der Waals surface area contributed by atoms with Gasteiger partial charge in [0.15, 0.2) is 0 Å². The summed E-state index contributed by atoms with van der Waals surface area (Å²) < 4.78 is 0. The summed E-state index contributed by atoms with van der Waals surface area (Å²) in [6.45, 7) is 7.54. The molecule has 0 spiro atoms. The summed E-state index contributed by atoms with van der Waals surface area (Å²) in [6.07, 6.45) is 1.23. The topological polar surface area (TPSA) is 49.4 Å². The smallest absolute Gasteiger partial charge is 0.255 e. The van der Waals surface area contributed by atoms with Crippen LogP contribution in [0.1, 0.15) is 59.8 Å². The van der Waals surface area contributed by atoms with Crippen LogP contribution in [0.25, 0.3) is 0 Å². The highest BCUT2D eigenvalue weighted by Crippen LogP contribution is 2.33. The molecule has 4 nitrogen and oxygen atoms in total. The van der Waals surface area contributed by atoms with Crippen LogP contribution in [0.4, 0.5) is 0 Å². The fourth-order valence-electron chi connectivity index (χ4n) is 3.47. The second kappa shape index (κ2) is 8.38. The fraction of sp³-hybridized carbons (Fsp3) is 0.391. The summed E-state index contributed by atoms with van der Waals surface area (Å²) in [7, 11) is 0. The van der Waals surface area contributed by atoms with Crippen LogP contribution < -0.4 is 5.32 Å². The number of rotatable bonds is 7. The van der Waals surface area contributed by atoms with Crippen LogP contribution in [0.2, 0.25) is 0 Å². The Bertz CT molecular complexity index is 811. The molecule has 142 valence electrons. The first kappa shape index (κ1) is 19.2. The Morgan fingerprint density at radius 1 is 1.11 bits per heavy atom. The van der Waals surface area contributed by atoms with E-state index in [4.69, 9.17) is 0 Å². The van der Waals surface area contributed by atoms with Crippen molar-refractivity contribution in [2.24, 2.45) is 5.92 Å². The molecule has 0 saturated heterocycles. The maximum Gasteiger partial charge on any atom is 0.255 e. The minimum atomic E-state index is -0.260. The number of hydrogen-bond acceptors (Lipinski definition) is 2. The Morgan fingerprint density at radius 3 is 2.48 bits per heavy atom. The molecule has 0 fully saturated rings. The van der Waals surface area contributed by atoms with Crippen LogP contribution >= 0.6 is 0 Å². The first-order valence-electron chi connectivity index (χ1n) is 9.68. The molecule has 1 N–H and O–H groups in total. The lowest BCUT2D eigenvalue weighted by Gasteiger charge is -2.28. The van der Waals surface area contributed by atoms with Crippen molar-refractivity contribution in [3.8, 4) is 0 Å². The quantitative estimate of drug-likeness (QED) is 0.799. The number of nitrogens with one attached hydrogen (secondary N) is 1. The van der Waals surface area contributed by atoms with E-state index < -0.39 is 0 Å². The van der Waals surface area contributed by atoms with Crippen molar-refractivity contribution in [1.29, 1.82) is 0 Å². The first-order valence-corrected chi connectivity index (χ1v) is 9.68. The van der Waals surface area contributed by atoms with Gasteiger partial charge in [-0.3, -0.25) is 9.59 Å². The van der Waals surface area contributed by atoms with Crippen LogP contribution in [0.3, 0.4) is 0 Å². The molecular weight excluding hydrogens is 336 g/mol. The van der Waals surface area contributed by atoms with E-state index in [1.54, 1.807) is 0 Å². The Labute approximate surface area is 161 Å². The summed E-state index contributed by atoms with van der Waals surface area (Å²) in [4.78, 5) is 27.4. The maximum absolute atomic E-state index is 13.0. The number of nitrogens with zero attached hydrogens (tertiary/aromatic N) is 1. The van der Waals surface area contributed by atoms with Gasteiger partial charge in [0.2, 0.25) is 5.91 Å². The highest BCUT2D eigenvalue weighted by atomic mass is 16.2. The number of carbonyl (C=O) groups excluding carboxylic acids is 2. The van der Waals surface area contributed by atoms with Crippen molar-refractivity contribution in [2.75, 3.05) is 6.54 Å². The number of aryl methyl sites for hydroxylation is 1. The van der Waals surface area contributed by atoms with Gasteiger partial charge in [-0.2, -0.15) is 0 Å². The molecule has 27 heavy (non-hydrogen) atoms. The fourth-order valence-corrected chi connectivity index (χ4v) is 3.47. The second-order valence-corrected chi connectivity index (χ2v) is 7.75. The lowest BCUT2D eigenvalue weighted by Crippen LogP contribution is -2.34. The third kappa shape index (κ3) is 4.57. The predicted octanol–water partition coefficient (Wildman–Crippen LogP) is 4.24. The molecule has 1 aliphatic rings. The van der Waals surface area contributed by atoms with Gasteiger partial charge in [-0.25, -0.2) is 0 Å². The molecule has 2 aromatic rings. The van der Waals surface area contributed by atoms with Gasteiger partial charge in [0, 0.05) is 18.7 Å². The van der Waals surface area contributed by atoms with E-state index in [-0.39, 0.29) is 24.3 Å². The van der Waals surface area contributed by atoms with Gasteiger partial charge in [-0.15, -0.1) is 0 Å². The average molecular weight is 364 g/mol. The number of fused-ring (bicyclic) bond motifs is 1. The molecule has 1 heterocycles. The summed E-state index contributed by atoms with van der Waals surface area (Å²) >= 11 is 0. The van der Waals surface area contributed by atoms with E-state index >= 15 is 0 Å². The zero-order valence-corrected chi connectivity index (χ0v) is 16.4. The SMILES string of the molecule is Cc1ccc([C@H](CC(=O)NCCC(C)C)N2Cc3ccccc3C2=O)cc1. The van der Waals surface area contributed by atoms with E-state index in [1.807, 2.05) is 60.4 Å². The molecule has 2 aromatic carbocycles. The standard InChI is InChI=1S/C23H28N2O2/c1-16(2)12-13-24-22(26)14-21(18-10-8-17(3)9-11-18)25-15-19-6-4-5-7-20(19)23(25)27/h4-11,16,21H,12-15H2,1-3H3,(H,24,26)/t21-/m0/s1. The summed E-state index contributed by atoms with van der Waals surface area (Å²) in [5, 5.41) is 3.01. The highest BCUT2D eigenvalue weighted by Gasteiger charge is 2.34. The molecular formula is C23H28N2O2. The first-order chi connectivity index (χ1) is 13.0. The number of amides is 2. The molecule has 0 aliphatic carbocycles. The van der Waals surface area contributed by atoms with Crippen molar-refractivity contribution in [2.45, 2.75) is 46.2 Å². The second-order valence-electron chi connectivity index (χ2n) is 7.75. The van der Waals surface area contributed by atoms with E-state index in [0.29, 0.717) is 19.0 Å². The van der Waals surface area contributed by atoms with Crippen molar-refractivity contribution in [3.05, 3.63) is 70.8 Å². The summed E-state index contributed by atoms with van der Waals surface area (Å²) in [5.74, 6) is 0.545. The van der Waals surface area contributed by atoms with E-state index in [2.05, 4.69) is 19.2 Å². The average Bonchev–Trinajstić information content (AvgIpc) is 2.97. The van der Waals surface area contributed by atoms with Crippen LogP contribution in [-0.2, 0) is 11.3 Å². The monoisotopic (exact) mass is 364 g/mol. The van der Waals surface area contributed by atoms with Crippen molar-refractivity contribution in [1.82, 2.24) is 10.2 Å². The van der Waals surface area contributed by atoms with E-state index in [0.717, 1.165) is 28.7 Å².